The van der Waals surface area contributed by atoms with Crippen molar-refractivity contribution in [2.45, 2.75) is 31.7 Å². The largest absolute Gasteiger partial charge is 0.354 e. The molecule has 2 aliphatic heterocycles. The van der Waals surface area contributed by atoms with Crippen molar-refractivity contribution >= 4 is 35.8 Å². The lowest BCUT2D eigenvalue weighted by Crippen LogP contribution is -2.46. The topological polar surface area (TPSA) is 61.4 Å². The third kappa shape index (κ3) is 5.09. The molecule has 2 saturated heterocycles. The van der Waals surface area contributed by atoms with Crippen LogP contribution >= 0.6 is 24.0 Å². The zero-order valence-electron chi connectivity index (χ0n) is 14.5. The molecule has 2 atom stereocenters. The van der Waals surface area contributed by atoms with Gasteiger partial charge in [-0.2, -0.15) is 0 Å². The highest BCUT2D eigenvalue weighted by atomic mass is 35.5. The number of carbonyl (C=O) groups excluding carboxylic acids is 2. The highest BCUT2D eigenvalue weighted by Crippen LogP contribution is 2.21. The van der Waals surface area contributed by atoms with E-state index in [9.17, 15) is 14.0 Å². The summed E-state index contributed by atoms with van der Waals surface area (Å²) in [5, 5.41) is 6.18. The highest BCUT2D eigenvalue weighted by Gasteiger charge is 2.27. The van der Waals surface area contributed by atoms with Gasteiger partial charge in [0.05, 0.1) is 11.1 Å². The Bertz CT molecular complexity index is 653. The number of benzene rings is 1. The zero-order chi connectivity index (χ0) is 17.8. The Hall–Kier alpha value is -1.37. The number of piperidine rings is 1. The normalized spacial score (nSPS) is 22.6. The van der Waals surface area contributed by atoms with Crippen LogP contribution in [0.1, 0.15) is 36.0 Å². The third-order valence-corrected chi connectivity index (χ3v) is 5.22. The number of nitrogens with zero attached hydrogens (tertiary/aromatic N) is 1. The van der Waals surface area contributed by atoms with Crippen molar-refractivity contribution in [2.75, 3.05) is 26.2 Å². The molecule has 0 spiro atoms. The molecule has 3 rings (SSSR count). The summed E-state index contributed by atoms with van der Waals surface area (Å²) in [4.78, 5) is 26.4. The monoisotopic (exact) mass is 403 g/mol. The maximum Gasteiger partial charge on any atom is 0.253 e. The van der Waals surface area contributed by atoms with Gasteiger partial charge in [0.2, 0.25) is 5.91 Å². The number of likely N-dealkylation sites (tertiary alicyclic amines) is 1. The Labute approximate surface area is 164 Å². The Morgan fingerprint density at radius 1 is 1.31 bits per heavy atom. The van der Waals surface area contributed by atoms with Crippen molar-refractivity contribution in [3.8, 4) is 0 Å². The summed E-state index contributed by atoms with van der Waals surface area (Å²) in [6, 6.07) is 4.05. The first-order valence-corrected chi connectivity index (χ1v) is 9.18. The molecule has 1 aromatic carbocycles. The summed E-state index contributed by atoms with van der Waals surface area (Å²) in [6.07, 6.45) is 3.76. The van der Waals surface area contributed by atoms with Gasteiger partial charge < -0.3 is 15.5 Å². The van der Waals surface area contributed by atoms with E-state index in [4.69, 9.17) is 11.6 Å². The van der Waals surface area contributed by atoms with Gasteiger partial charge in [-0.15, -0.1) is 12.4 Å². The van der Waals surface area contributed by atoms with Crippen LogP contribution < -0.4 is 10.6 Å². The van der Waals surface area contributed by atoms with E-state index in [0.29, 0.717) is 25.2 Å². The third-order valence-electron chi connectivity index (χ3n) is 4.91. The standard InChI is InChI=1S/C18H23ClFN3O2.ClH/c19-14-6-5-13(9-15(14)20)18(25)23-8-2-3-12(11-23)10-22-17(24)16-4-1-7-21-16;/h5-6,9,12,16,21H,1-4,7-8,10-11H2,(H,22,24);1H. The van der Waals surface area contributed by atoms with Gasteiger partial charge in [-0.25, -0.2) is 4.39 Å². The Morgan fingerprint density at radius 2 is 2.12 bits per heavy atom. The van der Waals surface area contributed by atoms with Crippen LogP contribution in [-0.2, 0) is 4.79 Å². The molecule has 0 bridgehead atoms. The number of amides is 2. The predicted molar refractivity (Wildman–Crippen MR) is 101 cm³/mol. The average Bonchev–Trinajstić information content (AvgIpc) is 3.16. The number of carbonyl (C=O) groups is 2. The average molecular weight is 404 g/mol. The summed E-state index contributed by atoms with van der Waals surface area (Å²) in [7, 11) is 0. The second kappa shape index (κ2) is 9.53. The van der Waals surface area contributed by atoms with Gasteiger partial charge in [-0.3, -0.25) is 9.59 Å². The molecule has 2 N–H and O–H groups in total. The Morgan fingerprint density at radius 3 is 2.81 bits per heavy atom. The molecule has 2 aliphatic rings. The zero-order valence-corrected chi connectivity index (χ0v) is 16.0. The summed E-state index contributed by atoms with van der Waals surface area (Å²) in [5.74, 6) is -0.512. The fourth-order valence-electron chi connectivity index (χ4n) is 3.50. The molecular weight excluding hydrogens is 380 g/mol. The van der Waals surface area contributed by atoms with E-state index in [1.807, 2.05) is 0 Å². The van der Waals surface area contributed by atoms with Crippen LogP contribution in [0, 0.1) is 11.7 Å². The minimum absolute atomic E-state index is 0. The molecule has 8 heteroatoms. The molecular formula is C18H24Cl2FN3O2. The second-order valence-corrected chi connectivity index (χ2v) is 7.19. The molecule has 2 heterocycles. The minimum atomic E-state index is -0.586. The number of hydrogen-bond donors (Lipinski definition) is 2. The van der Waals surface area contributed by atoms with Crippen LogP contribution in [0.15, 0.2) is 18.2 Å². The van der Waals surface area contributed by atoms with Gasteiger partial charge in [-0.1, -0.05) is 11.6 Å². The van der Waals surface area contributed by atoms with Gasteiger partial charge in [0.15, 0.2) is 0 Å². The van der Waals surface area contributed by atoms with Gasteiger partial charge in [-0.05, 0) is 56.3 Å². The van der Waals surface area contributed by atoms with Gasteiger partial charge in [0.1, 0.15) is 5.82 Å². The second-order valence-electron chi connectivity index (χ2n) is 6.78. The molecule has 2 fully saturated rings. The smallest absolute Gasteiger partial charge is 0.253 e. The van der Waals surface area contributed by atoms with E-state index >= 15 is 0 Å². The van der Waals surface area contributed by atoms with Crippen LogP contribution in [0.25, 0.3) is 0 Å². The van der Waals surface area contributed by atoms with Gasteiger partial charge in [0, 0.05) is 25.2 Å². The maximum absolute atomic E-state index is 13.6. The van der Waals surface area contributed by atoms with Crippen LogP contribution in [0.4, 0.5) is 4.39 Å². The van der Waals surface area contributed by atoms with E-state index < -0.39 is 5.82 Å². The van der Waals surface area contributed by atoms with Crippen LogP contribution in [0.2, 0.25) is 5.02 Å². The molecule has 0 aromatic heterocycles. The van der Waals surface area contributed by atoms with Crippen molar-refractivity contribution < 1.29 is 14.0 Å². The van der Waals surface area contributed by atoms with E-state index in [-0.39, 0.29) is 41.2 Å². The maximum atomic E-state index is 13.6. The molecule has 0 saturated carbocycles. The molecule has 0 aliphatic carbocycles. The van der Waals surface area contributed by atoms with Crippen molar-refractivity contribution in [3.05, 3.63) is 34.6 Å². The van der Waals surface area contributed by atoms with Crippen LogP contribution in [0.3, 0.4) is 0 Å². The lowest BCUT2D eigenvalue weighted by molar-refractivity contribution is -0.123. The SMILES string of the molecule is Cl.O=C(NCC1CCCN(C(=O)c2ccc(Cl)c(F)c2)C1)C1CCCN1. The summed E-state index contributed by atoms with van der Waals surface area (Å²) in [5.41, 5.74) is 0.307. The van der Waals surface area contributed by atoms with E-state index in [1.165, 1.54) is 12.1 Å². The number of rotatable bonds is 4. The molecule has 2 unspecified atom stereocenters. The van der Waals surface area contributed by atoms with Crippen molar-refractivity contribution in [3.63, 3.8) is 0 Å². The fourth-order valence-corrected chi connectivity index (χ4v) is 3.62. The number of halogens is 3. The lowest BCUT2D eigenvalue weighted by Gasteiger charge is -2.33. The van der Waals surface area contributed by atoms with Gasteiger partial charge in [0.25, 0.3) is 5.91 Å². The molecule has 144 valence electrons. The summed E-state index contributed by atoms with van der Waals surface area (Å²) in [6.45, 7) is 2.68. The summed E-state index contributed by atoms with van der Waals surface area (Å²) >= 11 is 5.67. The van der Waals surface area contributed by atoms with E-state index in [1.54, 1.807) is 11.0 Å². The molecule has 26 heavy (non-hydrogen) atoms. The summed E-state index contributed by atoms with van der Waals surface area (Å²) < 4.78 is 13.6. The molecule has 0 radical (unpaired) electrons. The van der Waals surface area contributed by atoms with Gasteiger partial charge >= 0.3 is 0 Å². The van der Waals surface area contributed by atoms with Crippen molar-refractivity contribution in [1.29, 1.82) is 0 Å². The fraction of sp³-hybridized carbons (Fsp3) is 0.556. The van der Waals surface area contributed by atoms with Crippen molar-refractivity contribution in [2.24, 2.45) is 5.92 Å². The Kier molecular flexibility index (Phi) is 7.68. The first-order valence-electron chi connectivity index (χ1n) is 8.80. The predicted octanol–water partition coefficient (Wildman–Crippen LogP) is 2.62. The van der Waals surface area contributed by atoms with Crippen molar-refractivity contribution in [1.82, 2.24) is 15.5 Å². The quantitative estimate of drug-likeness (QED) is 0.811. The lowest BCUT2D eigenvalue weighted by atomic mass is 9.97. The van der Waals surface area contributed by atoms with E-state index in [2.05, 4.69) is 10.6 Å². The van der Waals surface area contributed by atoms with E-state index in [0.717, 1.165) is 32.2 Å². The first-order chi connectivity index (χ1) is 12.0. The molecule has 1 aromatic rings. The minimum Gasteiger partial charge on any atom is -0.354 e. The first kappa shape index (κ1) is 20.9. The van der Waals surface area contributed by atoms with Crippen LogP contribution in [-0.4, -0.2) is 48.9 Å². The highest BCUT2D eigenvalue weighted by molar-refractivity contribution is 6.30. The number of hydrogen-bond acceptors (Lipinski definition) is 3. The van der Waals surface area contributed by atoms with Crippen LogP contribution in [0.5, 0.6) is 0 Å². The Balaban J connectivity index is 0.00000243. The number of nitrogens with one attached hydrogen (secondary N) is 2. The molecule has 5 nitrogen and oxygen atoms in total. The molecule has 2 amide bonds.